The zero-order valence-electron chi connectivity index (χ0n) is 19.0. The molecular formula is C27H35O3P. The third kappa shape index (κ3) is 4.50. The number of hydrogen-bond acceptors (Lipinski definition) is 3. The molecular weight excluding hydrogens is 403 g/mol. The maximum absolute atomic E-state index is 10.9. The standard InChI is InChI=1S/C27H35O3P/c1-18-13-22-17-23-14-19(2)16-25(21-11-7-4-8-12-21)27(23)30-31(28)29-26(22)24(15-18)20-9-5-3-6-10-20/h13-16,20-21,28H,3-12,17H2,1-2H3. The summed E-state index contributed by atoms with van der Waals surface area (Å²) in [5.74, 6) is 2.83. The Morgan fingerprint density at radius 3 is 1.52 bits per heavy atom. The van der Waals surface area contributed by atoms with E-state index < -0.39 is 8.60 Å². The molecule has 2 saturated carbocycles. The quantitative estimate of drug-likeness (QED) is 0.483. The lowest BCUT2D eigenvalue weighted by Crippen LogP contribution is -2.13. The lowest BCUT2D eigenvalue weighted by Gasteiger charge is -2.30. The molecule has 0 unspecified atom stereocenters. The van der Waals surface area contributed by atoms with Crippen LogP contribution in [-0.2, 0) is 6.42 Å². The van der Waals surface area contributed by atoms with Crippen molar-refractivity contribution < 1.29 is 13.9 Å². The molecule has 0 saturated heterocycles. The molecule has 4 heteroatoms. The van der Waals surface area contributed by atoms with Crippen molar-refractivity contribution in [1.29, 1.82) is 0 Å². The van der Waals surface area contributed by atoms with Gasteiger partial charge >= 0.3 is 8.60 Å². The molecule has 0 spiro atoms. The van der Waals surface area contributed by atoms with Crippen LogP contribution in [0.1, 0.15) is 109 Å². The fourth-order valence-electron chi connectivity index (χ4n) is 6.06. The number of hydrogen-bond donors (Lipinski definition) is 1. The van der Waals surface area contributed by atoms with Crippen molar-refractivity contribution in [2.24, 2.45) is 0 Å². The third-order valence-electron chi connectivity index (χ3n) is 7.49. The molecule has 5 rings (SSSR count). The summed E-state index contributed by atoms with van der Waals surface area (Å²) < 4.78 is 12.4. The summed E-state index contributed by atoms with van der Waals surface area (Å²) in [6.07, 6.45) is 13.4. The summed E-state index contributed by atoms with van der Waals surface area (Å²) in [6.45, 7) is 4.38. The Hall–Kier alpha value is -1.57. The van der Waals surface area contributed by atoms with E-state index in [4.69, 9.17) is 9.05 Å². The van der Waals surface area contributed by atoms with E-state index in [0.29, 0.717) is 11.8 Å². The number of aryl methyl sites for hydroxylation is 2. The molecule has 1 heterocycles. The second-order valence-electron chi connectivity index (χ2n) is 9.95. The van der Waals surface area contributed by atoms with Gasteiger partial charge in [-0.1, -0.05) is 73.9 Å². The van der Waals surface area contributed by atoms with E-state index in [1.54, 1.807) is 0 Å². The molecule has 2 aliphatic carbocycles. The molecule has 2 fully saturated rings. The Balaban J connectivity index is 1.59. The summed E-state index contributed by atoms with van der Waals surface area (Å²) in [7, 11) is -2.00. The molecule has 0 radical (unpaired) electrons. The van der Waals surface area contributed by atoms with Gasteiger partial charge in [-0.2, -0.15) is 0 Å². The van der Waals surface area contributed by atoms with Gasteiger partial charge in [0.05, 0.1) is 0 Å². The highest BCUT2D eigenvalue weighted by molar-refractivity contribution is 7.41. The van der Waals surface area contributed by atoms with Crippen LogP contribution in [0.3, 0.4) is 0 Å². The van der Waals surface area contributed by atoms with E-state index in [1.165, 1.54) is 97.6 Å². The summed E-state index contributed by atoms with van der Waals surface area (Å²) in [5, 5.41) is 0. The predicted molar refractivity (Wildman–Crippen MR) is 127 cm³/mol. The highest BCUT2D eigenvalue weighted by Gasteiger charge is 2.30. The maximum atomic E-state index is 10.9. The van der Waals surface area contributed by atoms with Crippen LogP contribution in [-0.4, -0.2) is 4.89 Å². The Morgan fingerprint density at radius 1 is 0.677 bits per heavy atom. The van der Waals surface area contributed by atoms with Crippen LogP contribution in [0.4, 0.5) is 0 Å². The minimum Gasteiger partial charge on any atom is -0.417 e. The molecule has 2 aromatic rings. The second kappa shape index (κ2) is 9.12. The zero-order chi connectivity index (χ0) is 21.4. The van der Waals surface area contributed by atoms with E-state index >= 15 is 0 Å². The van der Waals surface area contributed by atoms with Gasteiger partial charge in [0.25, 0.3) is 0 Å². The van der Waals surface area contributed by atoms with E-state index in [2.05, 4.69) is 38.1 Å². The van der Waals surface area contributed by atoms with Gasteiger partial charge in [0, 0.05) is 6.42 Å². The second-order valence-corrected chi connectivity index (χ2v) is 10.8. The first-order valence-corrected chi connectivity index (χ1v) is 13.3. The van der Waals surface area contributed by atoms with E-state index in [9.17, 15) is 4.89 Å². The molecule has 2 aromatic carbocycles. The first kappa shape index (κ1) is 21.3. The largest absolute Gasteiger partial charge is 0.460 e. The van der Waals surface area contributed by atoms with Crippen molar-refractivity contribution in [2.45, 2.75) is 96.3 Å². The molecule has 0 bridgehead atoms. The smallest absolute Gasteiger partial charge is 0.417 e. The van der Waals surface area contributed by atoms with Gasteiger partial charge in [-0.05, 0) is 73.6 Å². The summed E-state index contributed by atoms with van der Waals surface area (Å²) >= 11 is 0. The molecule has 0 amide bonds. The van der Waals surface area contributed by atoms with E-state index in [0.717, 1.165) is 17.9 Å². The molecule has 31 heavy (non-hydrogen) atoms. The fraction of sp³-hybridized carbons (Fsp3) is 0.556. The van der Waals surface area contributed by atoms with E-state index in [1.807, 2.05) is 0 Å². The number of rotatable bonds is 2. The molecule has 0 atom stereocenters. The minimum absolute atomic E-state index is 0.528. The molecule has 3 aliphatic rings. The van der Waals surface area contributed by atoms with Crippen LogP contribution in [0.5, 0.6) is 11.5 Å². The average molecular weight is 439 g/mol. The topological polar surface area (TPSA) is 38.7 Å². The van der Waals surface area contributed by atoms with Crippen molar-refractivity contribution in [3.05, 3.63) is 57.6 Å². The predicted octanol–water partition coefficient (Wildman–Crippen LogP) is 7.98. The highest BCUT2D eigenvalue weighted by atomic mass is 31.2. The molecule has 1 aliphatic heterocycles. The van der Waals surface area contributed by atoms with Crippen molar-refractivity contribution >= 4 is 8.60 Å². The lowest BCUT2D eigenvalue weighted by atomic mass is 9.80. The third-order valence-corrected chi connectivity index (χ3v) is 8.17. The minimum atomic E-state index is -2.00. The number of benzene rings is 2. The van der Waals surface area contributed by atoms with Gasteiger partial charge < -0.3 is 13.9 Å². The Labute approximate surface area is 188 Å². The van der Waals surface area contributed by atoms with Crippen molar-refractivity contribution in [1.82, 2.24) is 0 Å². The van der Waals surface area contributed by atoms with Crippen molar-refractivity contribution in [3.63, 3.8) is 0 Å². The van der Waals surface area contributed by atoms with Crippen LogP contribution in [0.2, 0.25) is 0 Å². The van der Waals surface area contributed by atoms with Crippen molar-refractivity contribution in [2.75, 3.05) is 0 Å². The molecule has 3 nitrogen and oxygen atoms in total. The Morgan fingerprint density at radius 2 is 1.10 bits per heavy atom. The summed E-state index contributed by atoms with van der Waals surface area (Å²) in [5.41, 5.74) is 7.53. The van der Waals surface area contributed by atoms with Gasteiger partial charge in [-0.3, -0.25) is 0 Å². The van der Waals surface area contributed by atoms with Crippen LogP contribution in [0, 0.1) is 13.8 Å². The van der Waals surface area contributed by atoms with Crippen LogP contribution >= 0.6 is 8.60 Å². The van der Waals surface area contributed by atoms with Gasteiger partial charge in [0.2, 0.25) is 0 Å². The molecule has 166 valence electrons. The average Bonchev–Trinajstić information content (AvgIpc) is 2.77. The SMILES string of the molecule is Cc1cc2c(c(C3CCCCC3)c1)OP(O)Oc1c(cc(C)cc1C1CCCCC1)C2. The lowest BCUT2D eigenvalue weighted by molar-refractivity contribution is 0.360. The normalized spacial score (nSPS) is 20.7. The molecule has 1 N–H and O–H groups in total. The fourth-order valence-corrected chi connectivity index (χ4v) is 6.85. The van der Waals surface area contributed by atoms with Crippen LogP contribution < -0.4 is 9.05 Å². The monoisotopic (exact) mass is 438 g/mol. The first-order valence-electron chi connectivity index (χ1n) is 12.2. The molecule has 0 aromatic heterocycles. The summed E-state index contributed by atoms with van der Waals surface area (Å²) in [6, 6.07) is 9.07. The summed E-state index contributed by atoms with van der Waals surface area (Å²) in [4.78, 5) is 10.9. The van der Waals surface area contributed by atoms with Gasteiger partial charge in [0.15, 0.2) is 0 Å². The Bertz CT molecular complexity index is 866. The number of fused-ring (bicyclic) bond motifs is 2. The maximum Gasteiger partial charge on any atom is 0.460 e. The van der Waals surface area contributed by atoms with E-state index in [-0.39, 0.29) is 0 Å². The van der Waals surface area contributed by atoms with Gasteiger partial charge in [-0.25, -0.2) is 0 Å². The zero-order valence-corrected chi connectivity index (χ0v) is 19.8. The Kier molecular flexibility index (Phi) is 6.26. The van der Waals surface area contributed by atoms with Gasteiger partial charge in [-0.15, -0.1) is 0 Å². The highest BCUT2D eigenvalue weighted by Crippen LogP contribution is 2.51. The van der Waals surface area contributed by atoms with Crippen LogP contribution in [0.25, 0.3) is 0 Å². The van der Waals surface area contributed by atoms with Crippen LogP contribution in [0.15, 0.2) is 24.3 Å². The van der Waals surface area contributed by atoms with Gasteiger partial charge in [0.1, 0.15) is 11.5 Å². The van der Waals surface area contributed by atoms with Crippen molar-refractivity contribution in [3.8, 4) is 11.5 Å². The first-order chi connectivity index (χ1) is 15.1.